The van der Waals surface area contributed by atoms with Crippen LogP contribution in [0.2, 0.25) is 0 Å². The largest absolute Gasteiger partial charge is 0.482 e. The smallest absolute Gasteiger partial charge is 0.344 e. The second kappa shape index (κ2) is 6.52. The van der Waals surface area contributed by atoms with Gasteiger partial charge in [-0.3, -0.25) is 0 Å². The van der Waals surface area contributed by atoms with E-state index in [0.717, 1.165) is 25.9 Å². The highest BCUT2D eigenvalue weighted by atomic mass is 19.1. The highest BCUT2D eigenvalue weighted by Gasteiger charge is 2.20. The summed E-state index contributed by atoms with van der Waals surface area (Å²) in [5.41, 5.74) is 0. The minimum atomic E-state index is -0.385. The van der Waals surface area contributed by atoms with Crippen LogP contribution in [0.4, 0.5) is 4.39 Å². The number of benzene rings is 1. The first-order valence-electron chi connectivity index (χ1n) is 6.40. The molecule has 0 N–H and O–H groups in total. The molecule has 0 spiro atoms. The lowest BCUT2D eigenvalue weighted by atomic mass is 10.1. The van der Waals surface area contributed by atoms with Crippen LogP contribution in [0.3, 0.4) is 0 Å². The van der Waals surface area contributed by atoms with Crippen molar-refractivity contribution in [2.75, 3.05) is 26.7 Å². The Morgan fingerprint density at radius 3 is 2.84 bits per heavy atom. The quantitative estimate of drug-likeness (QED) is 0.780. The molecule has 104 valence electrons. The molecule has 1 aliphatic rings. The molecule has 0 aromatic heterocycles. The van der Waals surface area contributed by atoms with Gasteiger partial charge in [-0.15, -0.1) is 0 Å². The number of carbonyl (C=O) groups excluding carboxylic acids is 1. The van der Waals surface area contributed by atoms with E-state index in [0.29, 0.717) is 5.75 Å². The molecule has 0 bridgehead atoms. The number of esters is 1. The maximum atomic E-state index is 12.7. The second-order valence-electron chi connectivity index (χ2n) is 4.76. The third kappa shape index (κ3) is 4.52. The molecule has 1 aliphatic heterocycles. The van der Waals surface area contributed by atoms with Crippen LogP contribution in [0.1, 0.15) is 12.8 Å². The average Bonchev–Trinajstić information content (AvgIpc) is 2.38. The number of hydrogen-bond donors (Lipinski definition) is 0. The number of likely N-dealkylation sites (tertiary alicyclic amines) is 1. The van der Waals surface area contributed by atoms with Crippen LogP contribution in [0.5, 0.6) is 5.75 Å². The lowest BCUT2D eigenvalue weighted by Gasteiger charge is -2.29. The molecule has 19 heavy (non-hydrogen) atoms. The molecule has 2 rings (SSSR count). The lowest BCUT2D eigenvalue weighted by molar-refractivity contribution is -0.153. The lowest BCUT2D eigenvalue weighted by Crippen LogP contribution is -2.38. The van der Waals surface area contributed by atoms with E-state index in [4.69, 9.17) is 9.47 Å². The Hall–Kier alpha value is -1.62. The highest BCUT2D eigenvalue weighted by molar-refractivity contribution is 5.71. The fraction of sp³-hybridized carbons (Fsp3) is 0.500. The summed E-state index contributed by atoms with van der Waals surface area (Å²) >= 11 is 0. The number of piperidine rings is 1. The van der Waals surface area contributed by atoms with E-state index in [1.807, 2.05) is 7.05 Å². The molecule has 5 heteroatoms. The topological polar surface area (TPSA) is 38.8 Å². The minimum absolute atomic E-state index is 0.0527. The van der Waals surface area contributed by atoms with Crippen molar-refractivity contribution >= 4 is 5.97 Å². The minimum Gasteiger partial charge on any atom is -0.482 e. The van der Waals surface area contributed by atoms with Crippen molar-refractivity contribution < 1.29 is 18.7 Å². The van der Waals surface area contributed by atoms with E-state index in [-0.39, 0.29) is 24.5 Å². The molecule has 0 saturated carbocycles. The van der Waals surface area contributed by atoms with Crippen molar-refractivity contribution in [2.45, 2.75) is 18.9 Å². The van der Waals surface area contributed by atoms with Crippen molar-refractivity contribution in [1.82, 2.24) is 4.90 Å². The van der Waals surface area contributed by atoms with E-state index in [2.05, 4.69) is 4.90 Å². The van der Waals surface area contributed by atoms with Crippen LogP contribution < -0.4 is 4.74 Å². The van der Waals surface area contributed by atoms with E-state index in [1.165, 1.54) is 24.3 Å². The first-order chi connectivity index (χ1) is 9.13. The fourth-order valence-electron chi connectivity index (χ4n) is 2.11. The van der Waals surface area contributed by atoms with Crippen LogP contribution in [-0.4, -0.2) is 43.7 Å². The van der Waals surface area contributed by atoms with Crippen LogP contribution >= 0.6 is 0 Å². The molecule has 1 heterocycles. The van der Waals surface area contributed by atoms with Crippen molar-refractivity contribution in [1.29, 1.82) is 0 Å². The summed E-state index contributed by atoms with van der Waals surface area (Å²) in [6.45, 7) is 1.66. The van der Waals surface area contributed by atoms with Crippen LogP contribution in [0, 0.1) is 5.82 Å². The number of carbonyl (C=O) groups is 1. The molecule has 1 aromatic carbocycles. The number of likely N-dealkylation sites (N-methyl/N-ethyl adjacent to an activating group) is 1. The van der Waals surface area contributed by atoms with Gasteiger partial charge < -0.3 is 14.4 Å². The zero-order chi connectivity index (χ0) is 13.7. The summed E-state index contributed by atoms with van der Waals surface area (Å²) in [5.74, 6) is -0.260. The first kappa shape index (κ1) is 13.8. The van der Waals surface area contributed by atoms with Crippen molar-refractivity contribution in [3.63, 3.8) is 0 Å². The SMILES string of the molecule is CN1CCCC(OC(=O)COc2ccc(F)cc2)C1. The van der Waals surface area contributed by atoms with Crippen molar-refractivity contribution in [3.8, 4) is 5.75 Å². The molecule has 0 radical (unpaired) electrons. The molecule has 0 aliphatic carbocycles. The molecule has 0 amide bonds. The Bertz CT molecular complexity index is 421. The van der Waals surface area contributed by atoms with E-state index < -0.39 is 0 Å². The maximum Gasteiger partial charge on any atom is 0.344 e. The number of rotatable bonds is 4. The van der Waals surface area contributed by atoms with Gasteiger partial charge in [-0.25, -0.2) is 9.18 Å². The van der Waals surface area contributed by atoms with Crippen molar-refractivity contribution in [3.05, 3.63) is 30.1 Å². The predicted octanol–water partition coefficient (Wildman–Crippen LogP) is 1.84. The van der Waals surface area contributed by atoms with E-state index >= 15 is 0 Å². The Labute approximate surface area is 112 Å². The van der Waals surface area contributed by atoms with E-state index in [1.54, 1.807) is 0 Å². The second-order valence-corrected chi connectivity index (χ2v) is 4.76. The van der Waals surface area contributed by atoms with Gasteiger partial charge in [0.05, 0.1) is 0 Å². The zero-order valence-corrected chi connectivity index (χ0v) is 11.0. The van der Waals surface area contributed by atoms with Crippen LogP contribution in [0.15, 0.2) is 24.3 Å². The summed E-state index contributed by atoms with van der Waals surface area (Å²) in [6, 6.07) is 5.54. The molecule has 1 aromatic rings. The summed E-state index contributed by atoms with van der Waals surface area (Å²) < 4.78 is 23.2. The highest BCUT2D eigenvalue weighted by Crippen LogP contribution is 2.13. The van der Waals surface area contributed by atoms with Gasteiger partial charge in [0, 0.05) is 6.54 Å². The fourth-order valence-corrected chi connectivity index (χ4v) is 2.11. The van der Waals surface area contributed by atoms with Gasteiger partial charge in [-0.05, 0) is 50.7 Å². The number of nitrogens with zero attached hydrogens (tertiary/aromatic N) is 1. The van der Waals surface area contributed by atoms with Gasteiger partial charge in [0.15, 0.2) is 6.61 Å². The Kier molecular flexibility index (Phi) is 4.74. The van der Waals surface area contributed by atoms with Gasteiger partial charge >= 0.3 is 5.97 Å². The molecular weight excluding hydrogens is 249 g/mol. The number of ether oxygens (including phenoxy) is 2. The third-order valence-corrected chi connectivity index (χ3v) is 3.05. The number of halogens is 1. The molecule has 1 fully saturated rings. The van der Waals surface area contributed by atoms with Gasteiger partial charge in [0.25, 0.3) is 0 Å². The third-order valence-electron chi connectivity index (χ3n) is 3.05. The molecule has 1 unspecified atom stereocenters. The van der Waals surface area contributed by atoms with Crippen molar-refractivity contribution in [2.24, 2.45) is 0 Å². The maximum absolute atomic E-state index is 12.7. The Morgan fingerprint density at radius 1 is 1.42 bits per heavy atom. The summed E-state index contributed by atoms with van der Waals surface area (Å²) in [5, 5.41) is 0. The zero-order valence-electron chi connectivity index (χ0n) is 11.0. The number of hydrogen-bond acceptors (Lipinski definition) is 4. The van der Waals surface area contributed by atoms with Crippen LogP contribution in [-0.2, 0) is 9.53 Å². The Balaban J connectivity index is 1.73. The van der Waals surface area contributed by atoms with E-state index in [9.17, 15) is 9.18 Å². The van der Waals surface area contributed by atoms with Gasteiger partial charge in [-0.1, -0.05) is 0 Å². The van der Waals surface area contributed by atoms with Gasteiger partial charge in [0.1, 0.15) is 17.7 Å². The standard InChI is InChI=1S/C14H18FNO3/c1-16-8-2-3-13(9-16)19-14(17)10-18-12-6-4-11(15)5-7-12/h4-7,13H,2-3,8-10H2,1H3. The molecule has 1 saturated heterocycles. The summed E-state index contributed by atoms with van der Waals surface area (Å²) in [6.07, 6.45) is 1.88. The van der Waals surface area contributed by atoms with Gasteiger partial charge in [0.2, 0.25) is 0 Å². The monoisotopic (exact) mass is 267 g/mol. The summed E-state index contributed by atoms with van der Waals surface area (Å²) in [7, 11) is 2.01. The summed E-state index contributed by atoms with van der Waals surface area (Å²) in [4.78, 5) is 13.8. The average molecular weight is 267 g/mol. The Morgan fingerprint density at radius 2 is 2.16 bits per heavy atom. The van der Waals surface area contributed by atoms with Crippen LogP contribution in [0.25, 0.3) is 0 Å². The normalized spacial score (nSPS) is 20.0. The molecular formula is C14H18FNO3. The van der Waals surface area contributed by atoms with Gasteiger partial charge in [-0.2, -0.15) is 0 Å². The molecule has 4 nitrogen and oxygen atoms in total. The first-order valence-corrected chi connectivity index (χ1v) is 6.40. The molecule has 1 atom stereocenters. The predicted molar refractivity (Wildman–Crippen MR) is 68.5 cm³/mol.